The van der Waals surface area contributed by atoms with Crippen molar-refractivity contribution in [2.75, 3.05) is 13.2 Å². The van der Waals surface area contributed by atoms with Gasteiger partial charge in [-0.15, -0.1) is 0 Å². The van der Waals surface area contributed by atoms with Gasteiger partial charge in [-0.25, -0.2) is 0 Å². The van der Waals surface area contributed by atoms with Gasteiger partial charge in [0, 0.05) is 0 Å². The Hall–Kier alpha value is -0.290. The minimum Gasteiger partial charge on any atom is -0.395 e. The van der Waals surface area contributed by atoms with Gasteiger partial charge in [0.25, 0.3) is 0 Å². The van der Waals surface area contributed by atoms with Crippen LogP contribution in [-0.2, 0) is 0 Å². The van der Waals surface area contributed by atoms with Gasteiger partial charge in [-0.3, -0.25) is 0 Å². The summed E-state index contributed by atoms with van der Waals surface area (Å²) in [5.41, 5.74) is -2.33. The molecule has 0 fully saturated rings. The van der Waals surface area contributed by atoms with Gasteiger partial charge in [-0.05, 0) is 6.42 Å². The van der Waals surface area contributed by atoms with Crippen LogP contribution in [0, 0.1) is 5.41 Å². The minimum atomic E-state index is -4.54. The van der Waals surface area contributed by atoms with Crippen LogP contribution in [0.5, 0.6) is 0 Å². The molecule has 11 heavy (non-hydrogen) atoms. The molecule has 0 aromatic carbocycles. The van der Waals surface area contributed by atoms with Crippen LogP contribution in [0.3, 0.4) is 0 Å². The molecule has 0 saturated carbocycles. The molecule has 0 aliphatic carbocycles. The maximum absolute atomic E-state index is 12.1. The number of aliphatic hydroxyl groups is 2. The third-order valence-electron chi connectivity index (χ3n) is 1.88. The quantitative estimate of drug-likeness (QED) is 0.664. The Bertz CT molecular complexity index is 109. The molecule has 0 radical (unpaired) electrons. The fourth-order valence-corrected chi connectivity index (χ4v) is 0.653. The third-order valence-corrected chi connectivity index (χ3v) is 1.88. The molecule has 0 amide bonds. The summed E-state index contributed by atoms with van der Waals surface area (Å²) in [4.78, 5) is 0. The summed E-state index contributed by atoms with van der Waals surface area (Å²) in [5.74, 6) is 0. The normalized spacial score (nSPS) is 13.6. The SMILES string of the molecule is CCC(CO)(CO)C(F)(F)F. The molecule has 0 aromatic rings. The van der Waals surface area contributed by atoms with Gasteiger partial charge in [0.05, 0.1) is 13.2 Å². The van der Waals surface area contributed by atoms with Crippen molar-refractivity contribution in [3.8, 4) is 0 Å². The van der Waals surface area contributed by atoms with Gasteiger partial charge in [-0.1, -0.05) is 6.92 Å². The Labute approximate surface area is 62.6 Å². The van der Waals surface area contributed by atoms with Crippen LogP contribution in [0.2, 0.25) is 0 Å². The molecule has 0 aromatic heterocycles. The first-order chi connectivity index (χ1) is 4.93. The standard InChI is InChI=1S/C6H11F3O2/c1-2-5(3-10,4-11)6(7,8)9/h10-11H,2-4H2,1H3. The number of rotatable bonds is 3. The van der Waals surface area contributed by atoms with Crippen molar-refractivity contribution in [1.82, 2.24) is 0 Å². The first-order valence-electron chi connectivity index (χ1n) is 3.22. The monoisotopic (exact) mass is 172 g/mol. The maximum atomic E-state index is 12.1. The van der Waals surface area contributed by atoms with Crippen molar-refractivity contribution in [2.45, 2.75) is 19.5 Å². The molecule has 0 bridgehead atoms. The molecule has 0 aliphatic rings. The molecule has 2 nitrogen and oxygen atoms in total. The Kier molecular flexibility index (Phi) is 3.31. The van der Waals surface area contributed by atoms with E-state index in [1.165, 1.54) is 6.92 Å². The highest BCUT2D eigenvalue weighted by atomic mass is 19.4. The van der Waals surface area contributed by atoms with Crippen LogP contribution in [0.4, 0.5) is 13.2 Å². The van der Waals surface area contributed by atoms with Crippen molar-refractivity contribution in [1.29, 1.82) is 0 Å². The fraction of sp³-hybridized carbons (Fsp3) is 1.00. The van der Waals surface area contributed by atoms with E-state index in [1.807, 2.05) is 0 Å². The third kappa shape index (κ3) is 1.84. The van der Waals surface area contributed by atoms with Crippen LogP contribution >= 0.6 is 0 Å². The zero-order chi connectivity index (χ0) is 9.12. The summed E-state index contributed by atoms with van der Waals surface area (Å²) in [6.45, 7) is -0.854. The molecule has 68 valence electrons. The van der Waals surface area contributed by atoms with E-state index in [9.17, 15) is 13.2 Å². The minimum absolute atomic E-state index is 0.316. The van der Waals surface area contributed by atoms with E-state index in [2.05, 4.69) is 0 Å². The van der Waals surface area contributed by atoms with Crippen LogP contribution in [-0.4, -0.2) is 29.6 Å². The van der Waals surface area contributed by atoms with Crippen LogP contribution < -0.4 is 0 Å². The molecule has 5 heteroatoms. The fourth-order valence-electron chi connectivity index (χ4n) is 0.653. The van der Waals surface area contributed by atoms with Gasteiger partial charge < -0.3 is 10.2 Å². The average Bonchev–Trinajstić information content (AvgIpc) is 1.90. The van der Waals surface area contributed by atoms with Crippen LogP contribution in [0.25, 0.3) is 0 Å². The van der Waals surface area contributed by atoms with Crippen LogP contribution in [0.1, 0.15) is 13.3 Å². The Balaban J connectivity index is 4.54. The largest absolute Gasteiger partial charge is 0.398 e. The zero-order valence-corrected chi connectivity index (χ0v) is 6.15. The lowest BCUT2D eigenvalue weighted by Crippen LogP contribution is -2.43. The lowest BCUT2D eigenvalue weighted by atomic mass is 9.86. The topological polar surface area (TPSA) is 40.5 Å². The van der Waals surface area contributed by atoms with Gasteiger partial charge in [0.1, 0.15) is 5.41 Å². The summed E-state index contributed by atoms with van der Waals surface area (Å²) >= 11 is 0. The molecule has 0 spiro atoms. The zero-order valence-electron chi connectivity index (χ0n) is 6.15. The molecule has 0 rings (SSSR count). The van der Waals surface area contributed by atoms with Crippen molar-refractivity contribution >= 4 is 0 Å². The number of halogens is 3. The van der Waals surface area contributed by atoms with E-state index in [4.69, 9.17) is 10.2 Å². The maximum Gasteiger partial charge on any atom is 0.398 e. The molecule has 0 saturated heterocycles. The molecule has 0 atom stereocenters. The predicted octanol–water partition coefficient (Wildman–Crippen LogP) is 0.930. The van der Waals surface area contributed by atoms with Gasteiger partial charge in [0.15, 0.2) is 0 Å². The van der Waals surface area contributed by atoms with Crippen LogP contribution in [0.15, 0.2) is 0 Å². The van der Waals surface area contributed by atoms with Gasteiger partial charge in [0.2, 0.25) is 0 Å². The van der Waals surface area contributed by atoms with E-state index in [0.29, 0.717) is 0 Å². The summed E-state index contributed by atoms with van der Waals surface area (Å²) in [7, 11) is 0. The number of alkyl halides is 3. The summed E-state index contributed by atoms with van der Waals surface area (Å²) in [6.07, 6.45) is -4.85. The van der Waals surface area contributed by atoms with Crippen molar-refractivity contribution in [3.63, 3.8) is 0 Å². The highest BCUT2D eigenvalue weighted by molar-refractivity contribution is 4.83. The first kappa shape index (κ1) is 10.7. The second-order valence-corrected chi connectivity index (χ2v) is 2.45. The molecule has 0 heterocycles. The smallest absolute Gasteiger partial charge is 0.395 e. The molecule has 0 unspecified atom stereocenters. The van der Waals surface area contributed by atoms with E-state index in [-0.39, 0.29) is 6.42 Å². The van der Waals surface area contributed by atoms with Gasteiger partial charge >= 0.3 is 6.18 Å². The summed E-state index contributed by atoms with van der Waals surface area (Å²) in [6, 6.07) is 0. The first-order valence-corrected chi connectivity index (χ1v) is 3.22. The van der Waals surface area contributed by atoms with E-state index in [0.717, 1.165) is 0 Å². The predicted molar refractivity (Wildman–Crippen MR) is 33.0 cm³/mol. The highest BCUT2D eigenvalue weighted by Gasteiger charge is 2.52. The Morgan fingerprint density at radius 1 is 1.09 bits per heavy atom. The molecule has 2 N–H and O–H groups in total. The number of aliphatic hydroxyl groups excluding tert-OH is 2. The van der Waals surface area contributed by atoms with Crippen molar-refractivity contribution in [2.24, 2.45) is 5.41 Å². The number of hydrogen-bond donors (Lipinski definition) is 2. The van der Waals surface area contributed by atoms with Crippen molar-refractivity contribution in [3.05, 3.63) is 0 Å². The second kappa shape index (κ2) is 3.40. The average molecular weight is 172 g/mol. The van der Waals surface area contributed by atoms with Gasteiger partial charge in [-0.2, -0.15) is 13.2 Å². The number of hydrogen-bond acceptors (Lipinski definition) is 2. The van der Waals surface area contributed by atoms with E-state index >= 15 is 0 Å². The lowest BCUT2D eigenvalue weighted by Gasteiger charge is -2.30. The molecule has 0 aliphatic heterocycles. The Morgan fingerprint density at radius 3 is 1.45 bits per heavy atom. The van der Waals surface area contributed by atoms with E-state index in [1.54, 1.807) is 0 Å². The Morgan fingerprint density at radius 2 is 1.45 bits per heavy atom. The molecular weight excluding hydrogens is 161 g/mol. The van der Waals surface area contributed by atoms with E-state index < -0.39 is 24.8 Å². The van der Waals surface area contributed by atoms with Crippen molar-refractivity contribution < 1.29 is 23.4 Å². The summed E-state index contributed by atoms with van der Waals surface area (Å²) in [5, 5.41) is 16.9. The lowest BCUT2D eigenvalue weighted by molar-refractivity contribution is -0.248. The second-order valence-electron chi connectivity index (χ2n) is 2.45. The molecular formula is C6H11F3O2. The highest BCUT2D eigenvalue weighted by Crippen LogP contribution is 2.39. The summed E-state index contributed by atoms with van der Waals surface area (Å²) < 4.78 is 36.2.